The molecule has 0 spiro atoms. The van der Waals surface area contributed by atoms with Crippen molar-refractivity contribution in [1.29, 1.82) is 0 Å². The van der Waals surface area contributed by atoms with Gasteiger partial charge in [0.1, 0.15) is 4.88 Å². The number of hydrogen-bond acceptors (Lipinski definition) is 2. The largest absolute Gasteiger partial charge is 0.348 e. The van der Waals surface area contributed by atoms with Gasteiger partial charge in [-0.05, 0) is 30.4 Å². The van der Waals surface area contributed by atoms with E-state index in [4.69, 9.17) is 23.2 Å². The van der Waals surface area contributed by atoms with Crippen molar-refractivity contribution in [3.05, 3.63) is 33.1 Å². The summed E-state index contributed by atoms with van der Waals surface area (Å²) in [6.07, 6.45) is 3.47. The number of carbonyl (C=O) groups excluding carboxylic acids is 1. The number of benzene rings is 1. The van der Waals surface area contributed by atoms with Crippen LogP contribution in [0, 0.1) is 11.8 Å². The minimum atomic E-state index is -0.0618. The first-order valence-electron chi connectivity index (χ1n) is 7.65. The second-order valence-corrected chi connectivity index (χ2v) is 8.10. The van der Waals surface area contributed by atoms with Gasteiger partial charge in [0.05, 0.1) is 5.02 Å². The smallest absolute Gasteiger partial charge is 0.263 e. The molecule has 0 radical (unpaired) electrons. The SMILES string of the molecule is C[C@@H]1[C@H](C)CCC[C@@H]1NC(=O)c1sc2cc(Cl)ccc2c1Cl. The van der Waals surface area contributed by atoms with Crippen molar-refractivity contribution in [2.24, 2.45) is 11.8 Å². The van der Waals surface area contributed by atoms with Gasteiger partial charge in [0, 0.05) is 21.2 Å². The lowest BCUT2D eigenvalue weighted by atomic mass is 9.78. The van der Waals surface area contributed by atoms with Crippen molar-refractivity contribution in [1.82, 2.24) is 5.32 Å². The third kappa shape index (κ3) is 2.99. The normalized spacial score (nSPS) is 25.4. The summed E-state index contributed by atoms with van der Waals surface area (Å²) in [4.78, 5) is 13.2. The summed E-state index contributed by atoms with van der Waals surface area (Å²) < 4.78 is 0.952. The third-order valence-electron chi connectivity index (χ3n) is 4.82. The summed E-state index contributed by atoms with van der Waals surface area (Å²) in [6, 6.07) is 5.77. The van der Waals surface area contributed by atoms with Gasteiger partial charge in [-0.1, -0.05) is 56.0 Å². The molecule has 2 nitrogen and oxygen atoms in total. The van der Waals surface area contributed by atoms with Crippen molar-refractivity contribution in [3.8, 4) is 0 Å². The van der Waals surface area contributed by atoms with Gasteiger partial charge < -0.3 is 5.32 Å². The Labute approximate surface area is 144 Å². The highest BCUT2D eigenvalue weighted by Gasteiger charge is 2.29. The maximum absolute atomic E-state index is 12.6. The highest BCUT2D eigenvalue weighted by Crippen LogP contribution is 2.37. The average molecular weight is 356 g/mol. The van der Waals surface area contributed by atoms with Gasteiger partial charge in [-0.2, -0.15) is 0 Å². The van der Waals surface area contributed by atoms with Gasteiger partial charge in [0.25, 0.3) is 5.91 Å². The molecule has 0 aliphatic heterocycles. The molecule has 5 heteroatoms. The predicted molar refractivity (Wildman–Crippen MR) is 95.3 cm³/mol. The van der Waals surface area contributed by atoms with E-state index in [-0.39, 0.29) is 11.9 Å². The lowest BCUT2D eigenvalue weighted by molar-refractivity contribution is 0.0895. The van der Waals surface area contributed by atoms with E-state index in [1.807, 2.05) is 12.1 Å². The zero-order valence-electron chi connectivity index (χ0n) is 12.7. The number of hydrogen-bond donors (Lipinski definition) is 1. The Morgan fingerprint density at radius 2 is 2.05 bits per heavy atom. The van der Waals surface area contributed by atoms with Gasteiger partial charge in [-0.25, -0.2) is 0 Å². The van der Waals surface area contributed by atoms with Gasteiger partial charge >= 0.3 is 0 Å². The molecule has 1 saturated carbocycles. The first kappa shape index (κ1) is 16.1. The van der Waals surface area contributed by atoms with Crippen LogP contribution in [0.5, 0.6) is 0 Å². The zero-order valence-corrected chi connectivity index (χ0v) is 15.0. The number of amides is 1. The fourth-order valence-corrected chi connectivity index (χ4v) is 4.90. The van der Waals surface area contributed by atoms with E-state index in [9.17, 15) is 4.79 Å². The molecule has 3 rings (SSSR count). The van der Waals surface area contributed by atoms with Crippen LogP contribution >= 0.6 is 34.5 Å². The van der Waals surface area contributed by atoms with E-state index in [1.54, 1.807) is 6.07 Å². The number of nitrogens with one attached hydrogen (secondary N) is 1. The summed E-state index contributed by atoms with van der Waals surface area (Å²) in [5.41, 5.74) is 0. The molecule has 0 unspecified atom stereocenters. The molecular weight excluding hydrogens is 337 g/mol. The molecule has 1 aromatic heterocycles. The molecular formula is C17H19Cl2NOS. The predicted octanol–water partition coefficient (Wildman–Crippen LogP) is 5.76. The fourth-order valence-electron chi connectivity index (χ4n) is 3.20. The molecule has 2 aromatic rings. The summed E-state index contributed by atoms with van der Waals surface area (Å²) in [7, 11) is 0. The second-order valence-electron chi connectivity index (χ2n) is 6.23. The molecule has 1 fully saturated rings. The fraction of sp³-hybridized carbons (Fsp3) is 0.471. The molecule has 1 heterocycles. The van der Waals surface area contributed by atoms with E-state index < -0.39 is 0 Å². The molecule has 118 valence electrons. The van der Waals surface area contributed by atoms with Crippen LogP contribution in [0.15, 0.2) is 18.2 Å². The zero-order chi connectivity index (χ0) is 15.9. The van der Waals surface area contributed by atoms with Gasteiger partial charge in [-0.3, -0.25) is 4.79 Å². The number of halogens is 2. The molecule has 0 saturated heterocycles. The van der Waals surface area contributed by atoms with Crippen LogP contribution < -0.4 is 5.32 Å². The van der Waals surface area contributed by atoms with Crippen molar-refractivity contribution < 1.29 is 4.79 Å². The third-order valence-corrected chi connectivity index (χ3v) is 6.71. The lowest BCUT2D eigenvalue weighted by Gasteiger charge is -2.34. The standard InChI is InChI=1S/C17H19Cl2NOS/c1-9-4-3-5-13(10(9)2)20-17(21)16-15(19)12-7-6-11(18)8-14(12)22-16/h6-10,13H,3-5H2,1-2H3,(H,20,21)/t9-,10-,13+/m1/s1. The van der Waals surface area contributed by atoms with Crippen LogP contribution in [0.3, 0.4) is 0 Å². The molecule has 1 aromatic carbocycles. The molecule has 1 N–H and O–H groups in total. The highest BCUT2D eigenvalue weighted by atomic mass is 35.5. The van der Waals surface area contributed by atoms with Crippen LogP contribution in [0.1, 0.15) is 42.8 Å². The Balaban J connectivity index is 1.84. The molecule has 1 aliphatic rings. The van der Waals surface area contributed by atoms with E-state index >= 15 is 0 Å². The molecule has 1 amide bonds. The summed E-state index contributed by atoms with van der Waals surface area (Å²) in [6.45, 7) is 4.48. The average Bonchev–Trinajstić information content (AvgIpc) is 2.80. The lowest BCUT2D eigenvalue weighted by Crippen LogP contribution is -2.43. The van der Waals surface area contributed by atoms with Crippen LogP contribution in [-0.2, 0) is 0 Å². The number of carbonyl (C=O) groups is 1. The van der Waals surface area contributed by atoms with Crippen molar-refractivity contribution in [2.75, 3.05) is 0 Å². The van der Waals surface area contributed by atoms with Gasteiger partial charge in [0.15, 0.2) is 0 Å². The maximum atomic E-state index is 12.6. The van der Waals surface area contributed by atoms with E-state index in [2.05, 4.69) is 19.2 Å². The first-order valence-corrected chi connectivity index (χ1v) is 9.23. The van der Waals surface area contributed by atoms with Crippen LogP contribution in [0.2, 0.25) is 10.0 Å². The summed E-state index contributed by atoms with van der Waals surface area (Å²) in [5, 5.41) is 5.27. The van der Waals surface area contributed by atoms with Crippen molar-refractivity contribution in [2.45, 2.75) is 39.2 Å². The number of thiophene rings is 1. The molecule has 3 atom stereocenters. The van der Waals surface area contributed by atoms with Crippen LogP contribution in [0.4, 0.5) is 0 Å². The van der Waals surface area contributed by atoms with Crippen molar-refractivity contribution >= 4 is 50.5 Å². The minimum Gasteiger partial charge on any atom is -0.348 e. The molecule has 1 aliphatic carbocycles. The number of rotatable bonds is 2. The Kier molecular flexibility index (Phi) is 4.67. The van der Waals surface area contributed by atoms with Gasteiger partial charge in [0.2, 0.25) is 0 Å². The van der Waals surface area contributed by atoms with Gasteiger partial charge in [-0.15, -0.1) is 11.3 Å². The Bertz CT molecular complexity index is 712. The topological polar surface area (TPSA) is 29.1 Å². The van der Waals surface area contributed by atoms with E-state index in [1.165, 1.54) is 24.2 Å². The van der Waals surface area contributed by atoms with Crippen LogP contribution in [0.25, 0.3) is 10.1 Å². The monoisotopic (exact) mass is 355 g/mol. The Hall–Kier alpha value is -0.770. The van der Waals surface area contributed by atoms with E-state index in [0.29, 0.717) is 26.8 Å². The summed E-state index contributed by atoms with van der Waals surface area (Å²) >= 11 is 13.8. The quantitative estimate of drug-likeness (QED) is 0.728. The number of fused-ring (bicyclic) bond motifs is 1. The first-order chi connectivity index (χ1) is 10.5. The highest BCUT2D eigenvalue weighted by molar-refractivity contribution is 7.21. The minimum absolute atomic E-state index is 0.0618. The molecule has 22 heavy (non-hydrogen) atoms. The Morgan fingerprint density at radius 1 is 1.27 bits per heavy atom. The van der Waals surface area contributed by atoms with Crippen molar-refractivity contribution in [3.63, 3.8) is 0 Å². The molecule has 0 bridgehead atoms. The van der Waals surface area contributed by atoms with E-state index in [0.717, 1.165) is 16.5 Å². The summed E-state index contributed by atoms with van der Waals surface area (Å²) in [5.74, 6) is 1.09. The second kappa shape index (κ2) is 6.38. The Morgan fingerprint density at radius 3 is 2.82 bits per heavy atom. The maximum Gasteiger partial charge on any atom is 0.263 e. The van der Waals surface area contributed by atoms with Crippen LogP contribution in [-0.4, -0.2) is 11.9 Å².